The Labute approximate surface area is 168 Å². The molecule has 0 aromatic rings. The van der Waals surface area contributed by atoms with Crippen LogP contribution in [0.1, 0.15) is 51.9 Å². The Morgan fingerprint density at radius 1 is 1.08 bits per heavy atom. The number of hydrogen-bond donors (Lipinski definition) is 3. The molecule has 2 aliphatic rings. The molecule has 5 nitrogen and oxygen atoms in total. The third-order valence-corrected chi connectivity index (χ3v) is 5.89. The maximum absolute atomic E-state index is 11.9. The van der Waals surface area contributed by atoms with E-state index < -0.39 is 0 Å². The quantitative estimate of drug-likeness (QED) is 0.222. The van der Waals surface area contributed by atoms with Crippen LogP contribution in [0.25, 0.3) is 0 Å². The van der Waals surface area contributed by atoms with Gasteiger partial charge in [0.2, 0.25) is 5.91 Å². The molecule has 1 saturated heterocycles. The SMILES string of the molecule is CCNC(=NCC1CCCS1)NCCNC(=O)CC1CCCC1.I. The molecule has 1 amide bonds. The first-order chi connectivity index (χ1) is 11.3. The van der Waals surface area contributed by atoms with Gasteiger partial charge in [0.1, 0.15) is 0 Å². The number of nitrogens with zero attached hydrogens (tertiary/aromatic N) is 1. The first-order valence-electron chi connectivity index (χ1n) is 9.18. The minimum atomic E-state index is 0. The number of aliphatic imine (C=N–C) groups is 1. The molecule has 0 spiro atoms. The molecular formula is C17H33IN4OS. The van der Waals surface area contributed by atoms with Crippen molar-refractivity contribution in [2.45, 2.75) is 57.1 Å². The second kappa shape index (κ2) is 13.1. The van der Waals surface area contributed by atoms with Gasteiger partial charge in [-0.25, -0.2) is 0 Å². The molecule has 0 aromatic carbocycles. The molecule has 140 valence electrons. The minimum Gasteiger partial charge on any atom is -0.357 e. The molecule has 3 N–H and O–H groups in total. The van der Waals surface area contributed by atoms with Gasteiger partial charge < -0.3 is 16.0 Å². The summed E-state index contributed by atoms with van der Waals surface area (Å²) in [7, 11) is 0. The summed E-state index contributed by atoms with van der Waals surface area (Å²) in [6.45, 7) is 5.20. The molecule has 1 aliphatic carbocycles. The van der Waals surface area contributed by atoms with Gasteiger partial charge in [0.25, 0.3) is 0 Å². The van der Waals surface area contributed by atoms with Crippen molar-refractivity contribution in [3.05, 3.63) is 0 Å². The molecule has 1 unspecified atom stereocenters. The predicted molar refractivity (Wildman–Crippen MR) is 114 cm³/mol. The van der Waals surface area contributed by atoms with E-state index >= 15 is 0 Å². The smallest absolute Gasteiger partial charge is 0.220 e. The van der Waals surface area contributed by atoms with Gasteiger partial charge in [0, 0.05) is 31.3 Å². The Bertz CT molecular complexity index is 383. The number of hydrogen-bond acceptors (Lipinski definition) is 3. The summed E-state index contributed by atoms with van der Waals surface area (Å²) in [5, 5.41) is 10.3. The largest absolute Gasteiger partial charge is 0.357 e. The number of halogens is 1. The minimum absolute atomic E-state index is 0. The van der Waals surface area contributed by atoms with Crippen LogP contribution in [0.15, 0.2) is 4.99 Å². The monoisotopic (exact) mass is 468 g/mol. The van der Waals surface area contributed by atoms with Crippen LogP contribution in [0.2, 0.25) is 0 Å². The second-order valence-corrected chi connectivity index (χ2v) is 7.89. The predicted octanol–water partition coefficient (Wildman–Crippen LogP) is 2.75. The van der Waals surface area contributed by atoms with Crippen LogP contribution in [0, 0.1) is 5.92 Å². The molecular weight excluding hydrogens is 435 g/mol. The number of nitrogens with one attached hydrogen (secondary N) is 3. The van der Waals surface area contributed by atoms with E-state index in [4.69, 9.17) is 0 Å². The highest BCUT2D eigenvalue weighted by Gasteiger charge is 2.18. The molecule has 7 heteroatoms. The molecule has 1 saturated carbocycles. The summed E-state index contributed by atoms with van der Waals surface area (Å²) in [6.07, 6.45) is 8.34. The summed E-state index contributed by atoms with van der Waals surface area (Å²) >= 11 is 2.03. The fourth-order valence-corrected chi connectivity index (χ4v) is 4.43. The number of guanidine groups is 1. The Kier molecular flexibility index (Phi) is 11.9. The topological polar surface area (TPSA) is 65.5 Å². The Hall–Kier alpha value is -0.180. The van der Waals surface area contributed by atoms with E-state index in [1.165, 1.54) is 44.3 Å². The Morgan fingerprint density at radius 3 is 2.50 bits per heavy atom. The van der Waals surface area contributed by atoms with Crippen LogP contribution in [-0.2, 0) is 4.79 Å². The van der Waals surface area contributed by atoms with Crippen molar-refractivity contribution in [3.8, 4) is 0 Å². The van der Waals surface area contributed by atoms with Crippen molar-refractivity contribution < 1.29 is 4.79 Å². The van der Waals surface area contributed by atoms with Crippen molar-refractivity contribution in [1.29, 1.82) is 0 Å². The molecule has 2 rings (SSSR count). The summed E-state index contributed by atoms with van der Waals surface area (Å²) in [4.78, 5) is 16.5. The van der Waals surface area contributed by atoms with Crippen LogP contribution >= 0.6 is 35.7 Å². The molecule has 1 aliphatic heterocycles. The van der Waals surface area contributed by atoms with E-state index in [1.807, 2.05) is 11.8 Å². The number of amides is 1. The summed E-state index contributed by atoms with van der Waals surface area (Å²) in [5.74, 6) is 2.95. The number of carbonyl (C=O) groups is 1. The number of thioether (sulfide) groups is 1. The highest BCUT2D eigenvalue weighted by atomic mass is 127. The van der Waals surface area contributed by atoms with Gasteiger partial charge in [-0.1, -0.05) is 12.8 Å². The van der Waals surface area contributed by atoms with Gasteiger partial charge in [-0.15, -0.1) is 24.0 Å². The molecule has 24 heavy (non-hydrogen) atoms. The van der Waals surface area contributed by atoms with Crippen LogP contribution in [0.4, 0.5) is 0 Å². The van der Waals surface area contributed by atoms with Crippen LogP contribution < -0.4 is 16.0 Å². The molecule has 1 atom stereocenters. The van der Waals surface area contributed by atoms with E-state index in [0.29, 0.717) is 24.1 Å². The van der Waals surface area contributed by atoms with Crippen molar-refractivity contribution in [1.82, 2.24) is 16.0 Å². The lowest BCUT2D eigenvalue weighted by Crippen LogP contribution is -2.42. The maximum Gasteiger partial charge on any atom is 0.220 e. The first-order valence-corrected chi connectivity index (χ1v) is 10.2. The molecule has 1 heterocycles. The van der Waals surface area contributed by atoms with E-state index in [1.54, 1.807) is 0 Å². The average Bonchev–Trinajstić information content (AvgIpc) is 3.22. The van der Waals surface area contributed by atoms with E-state index in [-0.39, 0.29) is 29.9 Å². The second-order valence-electron chi connectivity index (χ2n) is 6.49. The molecule has 0 aromatic heterocycles. The average molecular weight is 468 g/mol. The number of rotatable bonds is 8. The Balaban J connectivity index is 0.00000288. The van der Waals surface area contributed by atoms with Crippen molar-refractivity contribution in [2.75, 3.05) is 31.9 Å². The van der Waals surface area contributed by atoms with Gasteiger partial charge in [0.15, 0.2) is 5.96 Å². The zero-order chi connectivity index (χ0) is 16.3. The van der Waals surface area contributed by atoms with E-state index in [2.05, 4.69) is 27.9 Å². The summed E-state index contributed by atoms with van der Waals surface area (Å²) in [6, 6.07) is 0. The normalized spacial score (nSPS) is 21.4. The summed E-state index contributed by atoms with van der Waals surface area (Å²) < 4.78 is 0. The zero-order valence-electron chi connectivity index (χ0n) is 14.8. The Morgan fingerprint density at radius 2 is 1.83 bits per heavy atom. The zero-order valence-corrected chi connectivity index (χ0v) is 18.0. The van der Waals surface area contributed by atoms with Crippen molar-refractivity contribution in [3.63, 3.8) is 0 Å². The molecule has 2 fully saturated rings. The highest BCUT2D eigenvalue weighted by Crippen LogP contribution is 2.27. The van der Waals surface area contributed by atoms with E-state index in [0.717, 1.165) is 25.6 Å². The van der Waals surface area contributed by atoms with Gasteiger partial charge in [-0.2, -0.15) is 11.8 Å². The van der Waals surface area contributed by atoms with Gasteiger partial charge in [0.05, 0.1) is 6.54 Å². The van der Waals surface area contributed by atoms with E-state index in [9.17, 15) is 4.79 Å². The maximum atomic E-state index is 11.9. The standard InChI is InChI=1S/C17H32N4OS.HI/c1-2-18-17(21-13-15-8-5-11-23-15)20-10-9-19-16(22)12-14-6-3-4-7-14;/h14-15H,2-13H2,1H3,(H,19,22)(H2,18,20,21);1H. The van der Waals surface area contributed by atoms with Gasteiger partial charge >= 0.3 is 0 Å². The summed E-state index contributed by atoms with van der Waals surface area (Å²) in [5.41, 5.74) is 0. The van der Waals surface area contributed by atoms with Gasteiger partial charge in [-0.3, -0.25) is 9.79 Å². The fourth-order valence-electron chi connectivity index (χ4n) is 3.25. The van der Waals surface area contributed by atoms with Crippen LogP contribution in [-0.4, -0.2) is 49.0 Å². The fraction of sp³-hybridized carbons (Fsp3) is 0.882. The van der Waals surface area contributed by atoms with Crippen molar-refractivity contribution >= 4 is 47.6 Å². The third-order valence-electron chi connectivity index (χ3n) is 4.51. The van der Waals surface area contributed by atoms with Crippen LogP contribution in [0.5, 0.6) is 0 Å². The van der Waals surface area contributed by atoms with Crippen LogP contribution in [0.3, 0.4) is 0 Å². The molecule has 0 radical (unpaired) electrons. The van der Waals surface area contributed by atoms with Gasteiger partial charge in [-0.05, 0) is 44.3 Å². The molecule has 0 bridgehead atoms. The first kappa shape index (κ1) is 21.9. The lowest BCUT2D eigenvalue weighted by Gasteiger charge is -2.14. The lowest BCUT2D eigenvalue weighted by molar-refractivity contribution is -0.121. The lowest BCUT2D eigenvalue weighted by atomic mass is 10.0. The third kappa shape index (κ3) is 8.78. The number of carbonyl (C=O) groups excluding carboxylic acids is 1. The highest BCUT2D eigenvalue weighted by molar-refractivity contribution is 14.0. The van der Waals surface area contributed by atoms with Crippen molar-refractivity contribution in [2.24, 2.45) is 10.9 Å².